The van der Waals surface area contributed by atoms with E-state index in [0.29, 0.717) is 5.92 Å². The zero-order valence-electron chi connectivity index (χ0n) is 9.50. The van der Waals surface area contributed by atoms with Gasteiger partial charge in [-0.2, -0.15) is 0 Å². The first kappa shape index (κ1) is 10.5. The predicted octanol–water partition coefficient (Wildman–Crippen LogP) is 1.81. The highest BCUT2D eigenvalue weighted by atomic mass is 16.3. The summed E-state index contributed by atoms with van der Waals surface area (Å²) >= 11 is 0. The molecule has 4 nitrogen and oxygen atoms in total. The largest absolute Gasteiger partial charge is 0.393 e. The minimum absolute atomic E-state index is 0.0936. The van der Waals surface area contributed by atoms with Crippen LogP contribution >= 0.6 is 0 Å². The number of anilines is 1. The summed E-state index contributed by atoms with van der Waals surface area (Å²) in [6.07, 6.45) is 3.29. The molecule has 1 aromatic carbocycles. The summed E-state index contributed by atoms with van der Waals surface area (Å²) in [5, 5.41) is 13.6. The molecule has 88 valence electrons. The van der Waals surface area contributed by atoms with E-state index in [1.807, 2.05) is 24.3 Å². The van der Waals surface area contributed by atoms with E-state index in [4.69, 9.17) is 0 Å². The fraction of sp³-hybridized carbons (Fsp3) is 0.385. The van der Waals surface area contributed by atoms with Crippen molar-refractivity contribution in [2.75, 3.05) is 11.9 Å². The molecular weight excluding hydrogens is 214 g/mol. The van der Waals surface area contributed by atoms with E-state index in [-0.39, 0.29) is 6.10 Å². The number of hydrogen-bond acceptors (Lipinski definition) is 4. The molecule has 1 fully saturated rings. The Morgan fingerprint density at radius 2 is 2.06 bits per heavy atom. The van der Waals surface area contributed by atoms with E-state index in [1.54, 1.807) is 6.33 Å². The first-order valence-electron chi connectivity index (χ1n) is 5.94. The normalized spacial score (nSPS) is 23.4. The Hall–Kier alpha value is -1.68. The van der Waals surface area contributed by atoms with Gasteiger partial charge < -0.3 is 10.4 Å². The summed E-state index contributed by atoms with van der Waals surface area (Å²) in [7, 11) is 0. The van der Waals surface area contributed by atoms with Gasteiger partial charge in [-0.1, -0.05) is 12.1 Å². The van der Waals surface area contributed by atoms with Crippen molar-refractivity contribution >= 4 is 16.7 Å². The second-order valence-electron chi connectivity index (χ2n) is 4.61. The van der Waals surface area contributed by atoms with Crippen LogP contribution in [0.25, 0.3) is 10.9 Å². The number of para-hydroxylation sites is 1. The Labute approximate surface area is 99.7 Å². The van der Waals surface area contributed by atoms with Crippen molar-refractivity contribution in [3.8, 4) is 0 Å². The lowest BCUT2D eigenvalue weighted by atomic mass is 9.82. The number of aliphatic hydroxyl groups is 1. The van der Waals surface area contributed by atoms with E-state index in [2.05, 4.69) is 15.3 Å². The van der Waals surface area contributed by atoms with E-state index in [1.165, 1.54) is 0 Å². The Bertz CT molecular complexity index is 518. The molecule has 2 N–H and O–H groups in total. The molecular formula is C13H15N3O. The molecule has 4 heteroatoms. The van der Waals surface area contributed by atoms with Crippen LogP contribution < -0.4 is 5.32 Å². The van der Waals surface area contributed by atoms with Gasteiger partial charge in [0.25, 0.3) is 0 Å². The molecule has 0 unspecified atom stereocenters. The molecule has 1 aromatic heterocycles. The fourth-order valence-corrected chi connectivity index (χ4v) is 2.25. The molecule has 0 spiro atoms. The summed E-state index contributed by atoms with van der Waals surface area (Å²) in [5.41, 5.74) is 0.957. The molecule has 1 aliphatic rings. The Balaban J connectivity index is 1.76. The number of hydrogen-bond donors (Lipinski definition) is 2. The third kappa shape index (κ3) is 2.08. The number of nitrogens with zero attached hydrogens (tertiary/aromatic N) is 2. The highest BCUT2D eigenvalue weighted by Crippen LogP contribution is 2.28. The molecule has 0 aliphatic heterocycles. The zero-order valence-corrected chi connectivity index (χ0v) is 9.50. The molecule has 1 aliphatic carbocycles. The van der Waals surface area contributed by atoms with E-state index in [9.17, 15) is 5.11 Å². The number of nitrogens with one attached hydrogen (secondary N) is 1. The van der Waals surface area contributed by atoms with Gasteiger partial charge in [-0.05, 0) is 30.9 Å². The van der Waals surface area contributed by atoms with Crippen LogP contribution in [-0.2, 0) is 0 Å². The average molecular weight is 229 g/mol. The van der Waals surface area contributed by atoms with Crippen molar-refractivity contribution in [1.29, 1.82) is 0 Å². The molecule has 2 aromatic rings. The third-order valence-electron chi connectivity index (χ3n) is 3.31. The van der Waals surface area contributed by atoms with E-state index >= 15 is 0 Å². The third-order valence-corrected chi connectivity index (χ3v) is 3.31. The van der Waals surface area contributed by atoms with Crippen LogP contribution in [0.4, 0.5) is 5.82 Å². The number of fused-ring (bicyclic) bond motifs is 1. The van der Waals surface area contributed by atoms with Gasteiger partial charge in [0.05, 0.1) is 11.6 Å². The Morgan fingerprint density at radius 1 is 1.24 bits per heavy atom. The van der Waals surface area contributed by atoms with Crippen molar-refractivity contribution in [2.24, 2.45) is 5.92 Å². The van der Waals surface area contributed by atoms with Gasteiger partial charge in [-0.25, -0.2) is 9.97 Å². The number of aliphatic hydroxyl groups excluding tert-OH is 1. The maximum absolute atomic E-state index is 9.23. The summed E-state index contributed by atoms with van der Waals surface area (Å²) in [5.74, 6) is 1.45. The van der Waals surface area contributed by atoms with Gasteiger partial charge in [0.2, 0.25) is 0 Å². The zero-order chi connectivity index (χ0) is 11.7. The molecule has 0 bridgehead atoms. The highest BCUT2D eigenvalue weighted by Gasteiger charge is 2.26. The monoisotopic (exact) mass is 229 g/mol. The number of aromatic nitrogens is 2. The van der Waals surface area contributed by atoms with Gasteiger partial charge in [-0.3, -0.25) is 0 Å². The van der Waals surface area contributed by atoms with Crippen LogP contribution in [0.3, 0.4) is 0 Å². The quantitative estimate of drug-likeness (QED) is 0.842. The second kappa shape index (κ2) is 4.30. The first-order chi connectivity index (χ1) is 8.33. The molecule has 0 amide bonds. The minimum Gasteiger partial charge on any atom is -0.393 e. The van der Waals surface area contributed by atoms with Crippen molar-refractivity contribution in [3.63, 3.8) is 0 Å². The molecule has 1 saturated carbocycles. The van der Waals surface area contributed by atoms with E-state index in [0.717, 1.165) is 36.1 Å². The lowest BCUT2D eigenvalue weighted by molar-refractivity contribution is 0.0486. The summed E-state index contributed by atoms with van der Waals surface area (Å²) in [6, 6.07) is 7.97. The van der Waals surface area contributed by atoms with Gasteiger partial charge in [-0.15, -0.1) is 0 Å². The van der Waals surface area contributed by atoms with Crippen LogP contribution in [0.5, 0.6) is 0 Å². The van der Waals surface area contributed by atoms with Crippen molar-refractivity contribution in [2.45, 2.75) is 18.9 Å². The van der Waals surface area contributed by atoms with Crippen molar-refractivity contribution < 1.29 is 5.11 Å². The highest BCUT2D eigenvalue weighted by molar-refractivity contribution is 5.88. The summed E-state index contributed by atoms with van der Waals surface area (Å²) < 4.78 is 0. The summed E-state index contributed by atoms with van der Waals surface area (Å²) in [4.78, 5) is 8.50. The lowest BCUT2D eigenvalue weighted by Gasteiger charge is -2.31. The van der Waals surface area contributed by atoms with Gasteiger partial charge in [0.15, 0.2) is 0 Å². The van der Waals surface area contributed by atoms with Gasteiger partial charge in [0.1, 0.15) is 12.1 Å². The number of rotatable bonds is 3. The fourth-order valence-electron chi connectivity index (χ4n) is 2.25. The Morgan fingerprint density at radius 3 is 2.88 bits per heavy atom. The SMILES string of the molecule is OC1CC(CNc2ncnc3ccccc23)C1. The maximum atomic E-state index is 9.23. The first-order valence-corrected chi connectivity index (χ1v) is 5.94. The van der Waals surface area contributed by atoms with Crippen molar-refractivity contribution in [3.05, 3.63) is 30.6 Å². The standard InChI is InChI=1S/C13H15N3O/c17-10-5-9(6-10)7-14-13-11-3-1-2-4-12(11)15-8-16-13/h1-4,8-10,17H,5-7H2,(H,14,15,16). The predicted molar refractivity (Wildman–Crippen MR) is 66.8 cm³/mol. The van der Waals surface area contributed by atoms with E-state index < -0.39 is 0 Å². The van der Waals surface area contributed by atoms with Crippen LogP contribution in [-0.4, -0.2) is 27.7 Å². The smallest absolute Gasteiger partial charge is 0.137 e. The second-order valence-corrected chi connectivity index (χ2v) is 4.61. The molecule has 17 heavy (non-hydrogen) atoms. The number of benzene rings is 1. The summed E-state index contributed by atoms with van der Waals surface area (Å²) in [6.45, 7) is 0.873. The van der Waals surface area contributed by atoms with Gasteiger partial charge in [0, 0.05) is 11.9 Å². The van der Waals surface area contributed by atoms with Crippen LogP contribution in [0.15, 0.2) is 30.6 Å². The Kier molecular flexibility index (Phi) is 2.65. The van der Waals surface area contributed by atoms with Crippen LogP contribution in [0.1, 0.15) is 12.8 Å². The maximum Gasteiger partial charge on any atom is 0.137 e. The average Bonchev–Trinajstić information content (AvgIpc) is 2.33. The molecule has 0 saturated heterocycles. The molecule has 0 radical (unpaired) electrons. The lowest BCUT2D eigenvalue weighted by Crippen LogP contribution is -2.33. The van der Waals surface area contributed by atoms with Gasteiger partial charge >= 0.3 is 0 Å². The molecule has 3 rings (SSSR count). The topological polar surface area (TPSA) is 58.0 Å². The molecule has 1 heterocycles. The van der Waals surface area contributed by atoms with Crippen molar-refractivity contribution in [1.82, 2.24) is 9.97 Å². The van der Waals surface area contributed by atoms with Crippen LogP contribution in [0, 0.1) is 5.92 Å². The minimum atomic E-state index is -0.0936. The molecule has 0 atom stereocenters. The van der Waals surface area contributed by atoms with Crippen LogP contribution in [0.2, 0.25) is 0 Å².